The van der Waals surface area contributed by atoms with Gasteiger partial charge < -0.3 is 15.0 Å². The summed E-state index contributed by atoms with van der Waals surface area (Å²) in [6, 6.07) is 5.67. The Morgan fingerprint density at radius 3 is 3.08 bits per heavy atom. The van der Waals surface area contributed by atoms with Crippen molar-refractivity contribution in [2.24, 2.45) is 0 Å². The number of nitrogens with one attached hydrogen (secondary N) is 1. The van der Waals surface area contributed by atoms with Gasteiger partial charge in [-0.05, 0) is 17.5 Å². The van der Waals surface area contributed by atoms with Crippen LogP contribution in [-0.4, -0.2) is 46.8 Å². The topological polar surface area (TPSA) is 76.5 Å². The SMILES string of the molecule is COCC(=O)N1Cc2ccnn2[C@H](CC(=O)NCc2cccs2)C1. The van der Waals surface area contributed by atoms with Crippen molar-refractivity contribution in [1.82, 2.24) is 20.0 Å². The van der Waals surface area contributed by atoms with E-state index >= 15 is 0 Å². The number of aromatic nitrogens is 2. The molecule has 8 heteroatoms. The smallest absolute Gasteiger partial charge is 0.248 e. The molecule has 1 N–H and O–H groups in total. The van der Waals surface area contributed by atoms with Gasteiger partial charge in [-0.15, -0.1) is 11.3 Å². The number of carbonyl (C=O) groups is 2. The Hall–Kier alpha value is -2.19. The van der Waals surface area contributed by atoms with Crippen molar-refractivity contribution in [2.75, 3.05) is 20.3 Å². The highest BCUT2D eigenvalue weighted by molar-refractivity contribution is 7.09. The number of nitrogens with zero attached hydrogens (tertiary/aromatic N) is 3. The third-order valence-corrected chi connectivity index (χ3v) is 4.84. The van der Waals surface area contributed by atoms with E-state index in [-0.39, 0.29) is 30.9 Å². The minimum absolute atomic E-state index is 0.0455. The first kappa shape index (κ1) is 16.7. The first-order valence-electron chi connectivity index (χ1n) is 7.75. The van der Waals surface area contributed by atoms with Gasteiger partial charge in [-0.3, -0.25) is 14.3 Å². The van der Waals surface area contributed by atoms with E-state index in [4.69, 9.17) is 4.74 Å². The van der Waals surface area contributed by atoms with Crippen molar-refractivity contribution in [3.63, 3.8) is 0 Å². The molecule has 3 rings (SSSR count). The van der Waals surface area contributed by atoms with Crippen molar-refractivity contribution in [1.29, 1.82) is 0 Å². The summed E-state index contributed by atoms with van der Waals surface area (Å²) in [5.74, 6) is -0.121. The van der Waals surface area contributed by atoms with Crippen LogP contribution in [-0.2, 0) is 27.4 Å². The molecule has 0 fully saturated rings. The minimum Gasteiger partial charge on any atom is -0.375 e. The molecule has 128 valence electrons. The molecule has 0 radical (unpaired) electrons. The number of hydrogen-bond acceptors (Lipinski definition) is 5. The van der Waals surface area contributed by atoms with Crippen molar-refractivity contribution < 1.29 is 14.3 Å². The van der Waals surface area contributed by atoms with E-state index in [0.29, 0.717) is 19.6 Å². The summed E-state index contributed by atoms with van der Waals surface area (Å²) in [4.78, 5) is 27.2. The maximum atomic E-state index is 12.3. The number of ether oxygens (including phenoxy) is 1. The van der Waals surface area contributed by atoms with Crippen molar-refractivity contribution in [3.05, 3.63) is 40.3 Å². The van der Waals surface area contributed by atoms with E-state index in [1.807, 2.05) is 28.3 Å². The van der Waals surface area contributed by atoms with Crippen LogP contribution in [0.2, 0.25) is 0 Å². The van der Waals surface area contributed by atoms with Crippen molar-refractivity contribution in [3.8, 4) is 0 Å². The predicted molar refractivity (Wildman–Crippen MR) is 89.3 cm³/mol. The van der Waals surface area contributed by atoms with Crippen LogP contribution in [0.3, 0.4) is 0 Å². The van der Waals surface area contributed by atoms with Crippen LogP contribution in [0.15, 0.2) is 29.8 Å². The number of fused-ring (bicyclic) bond motifs is 1. The van der Waals surface area contributed by atoms with Gasteiger partial charge in [-0.1, -0.05) is 6.07 Å². The average Bonchev–Trinajstić information content (AvgIpc) is 3.24. The summed E-state index contributed by atoms with van der Waals surface area (Å²) in [5, 5.41) is 9.22. The quantitative estimate of drug-likeness (QED) is 0.850. The van der Waals surface area contributed by atoms with Gasteiger partial charge >= 0.3 is 0 Å². The van der Waals surface area contributed by atoms with Gasteiger partial charge in [0.2, 0.25) is 11.8 Å². The maximum absolute atomic E-state index is 12.3. The summed E-state index contributed by atoms with van der Waals surface area (Å²) in [6.45, 7) is 1.53. The van der Waals surface area contributed by atoms with Gasteiger partial charge in [-0.2, -0.15) is 5.10 Å². The van der Waals surface area contributed by atoms with E-state index in [9.17, 15) is 9.59 Å². The maximum Gasteiger partial charge on any atom is 0.248 e. The predicted octanol–water partition coefficient (Wildman–Crippen LogP) is 1.18. The summed E-state index contributed by atoms with van der Waals surface area (Å²) in [6.07, 6.45) is 1.99. The van der Waals surface area contributed by atoms with Crippen LogP contribution >= 0.6 is 11.3 Å². The molecule has 24 heavy (non-hydrogen) atoms. The summed E-state index contributed by atoms with van der Waals surface area (Å²) in [5.41, 5.74) is 0.932. The Kier molecular flexibility index (Phi) is 5.27. The molecule has 0 aliphatic carbocycles. The molecule has 2 aromatic heterocycles. The molecular formula is C16H20N4O3S. The zero-order valence-electron chi connectivity index (χ0n) is 13.5. The first-order chi connectivity index (χ1) is 11.7. The van der Waals surface area contributed by atoms with Gasteiger partial charge in [0.25, 0.3) is 0 Å². The van der Waals surface area contributed by atoms with Gasteiger partial charge in [0.05, 0.1) is 31.2 Å². The van der Waals surface area contributed by atoms with E-state index in [0.717, 1.165) is 10.6 Å². The second-order valence-electron chi connectivity index (χ2n) is 5.69. The van der Waals surface area contributed by atoms with Crippen LogP contribution in [0, 0.1) is 0 Å². The molecule has 1 atom stereocenters. The normalized spacial score (nSPS) is 16.7. The Balaban J connectivity index is 1.63. The standard InChI is InChI=1S/C16H20N4O3S/c1-23-11-16(22)19-9-12-4-5-18-20(12)13(10-19)7-15(21)17-8-14-3-2-6-24-14/h2-6,13H,7-11H2,1H3,(H,17,21)/t13-/m1/s1. The lowest BCUT2D eigenvalue weighted by Crippen LogP contribution is -2.44. The Bertz CT molecular complexity index is 698. The molecule has 3 heterocycles. The molecule has 0 aromatic carbocycles. The second-order valence-corrected chi connectivity index (χ2v) is 6.72. The fourth-order valence-corrected chi connectivity index (χ4v) is 3.47. The molecular weight excluding hydrogens is 328 g/mol. The fourth-order valence-electron chi connectivity index (χ4n) is 2.83. The molecule has 1 aliphatic heterocycles. The largest absolute Gasteiger partial charge is 0.375 e. The van der Waals surface area contributed by atoms with E-state index in [1.165, 1.54) is 7.11 Å². The molecule has 7 nitrogen and oxygen atoms in total. The Morgan fingerprint density at radius 1 is 1.46 bits per heavy atom. The van der Waals surface area contributed by atoms with Gasteiger partial charge in [0.15, 0.2) is 0 Å². The molecule has 1 aliphatic rings. The van der Waals surface area contributed by atoms with Crippen LogP contribution in [0.4, 0.5) is 0 Å². The van der Waals surface area contributed by atoms with Crippen LogP contribution < -0.4 is 5.32 Å². The zero-order chi connectivity index (χ0) is 16.9. The molecule has 0 unspecified atom stereocenters. The highest BCUT2D eigenvalue weighted by Gasteiger charge is 2.29. The lowest BCUT2D eigenvalue weighted by molar-refractivity contribution is -0.138. The van der Waals surface area contributed by atoms with Gasteiger partial charge in [0, 0.05) is 24.7 Å². The number of thiophene rings is 1. The Morgan fingerprint density at radius 2 is 2.33 bits per heavy atom. The van der Waals surface area contributed by atoms with Crippen molar-refractivity contribution in [2.45, 2.75) is 25.6 Å². The van der Waals surface area contributed by atoms with Gasteiger partial charge in [-0.25, -0.2) is 0 Å². The number of rotatable bonds is 6. The first-order valence-corrected chi connectivity index (χ1v) is 8.63. The van der Waals surface area contributed by atoms with E-state index < -0.39 is 0 Å². The molecule has 0 saturated carbocycles. The van der Waals surface area contributed by atoms with Crippen molar-refractivity contribution >= 4 is 23.2 Å². The number of hydrogen-bond donors (Lipinski definition) is 1. The molecule has 2 amide bonds. The third kappa shape index (κ3) is 3.82. The molecule has 2 aromatic rings. The zero-order valence-corrected chi connectivity index (χ0v) is 14.3. The van der Waals surface area contributed by atoms with Crippen LogP contribution in [0.1, 0.15) is 23.0 Å². The average molecular weight is 348 g/mol. The van der Waals surface area contributed by atoms with E-state index in [2.05, 4.69) is 10.4 Å². The minimum atomic E-state index is -0.159. The molecule has 0 saturated heterocycles. The summed E-state index contributed by atoms with van der Waals surface area (Å²) >= 11 is 1.61. The number of carbonyl (C=O) groups excluding carboxylic acids is 2. The highest BCUT2D eigenvalue weighted by Crippen LogP contribution is 2.23. The van der Waals surface area contributed by atoms with Crippen LogP contribution in [0.25, 0.3) is 0 Å². The number of amides is 2. The Labute approximate surface area is 144 Å². The van der Waals surface area contributed by atoms with Gasteiger partial charge in [0.1, 0.15) is 6.61 Å². The third-order valence-electron chi connectivity index (χ3n) is 3.96. The number of methoxy groups -OCH3 is 1. The second kappa shape index (κ2) is 7.59. The summed E-state index contributed by atoms with van der Waals surface area (Å²) in [7, 11) is 1.50. The lowest BCUT2D eigenvalue weighted by atomic mass is 10.1. The summed E-state index contributed by atoms with van der Waals surface area (Å²) < 4.78 is 6.78. The lowest BCUT2D eigenvalue weighted by Gasteiger charge is -2.33. The fraction of sp³-hybridized carbons (Fsp3) is 0.438. The molecule has 0 spiro atoms. The van der Waals surface area contributed by atoms with Crippen LogP contribution in [0.5, 0.6) is 0 Å². The monoisotopic (exact) mass is 348 g/mol. The highest BCUT2D eigenvalue weighted by atomic mass is 32.1. The molecule has 0 bridgehead atoms. The van der Waals surface area contributed by atoms with E-state index in [1.54, 1.807) is 22.4 Å².